The van der Waals surface area contributed by atoms with Crippen molar-refractivity contribution in [1.29, 1.82) is 0 Å². The first kappa shape index (κ1) is 14.2. The van der Waals surface area contributed by atoms with Crippen LogP contribution in [0.2, 0.25) is 0 Å². The molecule has 0 atom stereocenters. The fraction of sp³-hybridized carbons (Fsp3) is 0.500. The maximum absolute atomic E-state index is 11.9. The van der Waals surface area contributed by atoms with E-state index in [-0.39, 0.29) is 19.1 Å². The number of rotatable bonds is 4. The number of hydrogen-bond donors (Lipinski definition) is 3. The molecule has 0 radical (unpaired) electrons. The molecule has 1 aliphatic rings. The van der Waals surface area contributed by atoms with Crippen LogP contribution >= 0.6 is 15.9 Å². The number of aliphatic hydroxyl groups excluding tert-OH is 2. The first-order valence-corrected chi connectivity index (χ1v) is 6.83. The van der Waals surface area contributed by atoms with Crippen LogP contribution in [0.5, 0.6) is 0 Å². The van der Waals surface area contributed by atoms with Crippen LogP contribution in [0.1, 0.15) is 18.4 Å². The molecule has 1 aromatic rings. The quantitative estimate of drug-likeness (QED) is 0.723. The Morgan fingerprint density at radius 1 is 1.47 bits per heavy atom. The lowest BCUT2D eigenvalue weighted by atomic mass is 9.68. The van der Waals surface area contributed by atoms with E-state index in [1.165, 1.54) is 21.8 Å². The van der Waals surface area contributed by atoms with Gasteiger partial charge in [-0.2, -0.15) is 0 Å². The maximum atomic E-state index is 11.9. The standard InChI is InChI=1S/C12H15BrN2O4/c13-2-1-9-5-15(11(19)14-10(9)18)12(7-17)3-8(4-12)6-16/h1-2,5,8,16-17H,3-4,6-7H2,(H,14,18,19)/b2-1+. The molecular formula is C12H15BrN2O4. The molecule has 0 aromatic carbocycles. The third-order valence-electron chi connectivity index (χ3n) is 3.61. The van der Waals surface area contributed by atoms with E-state index in [1.807, 2.05) is 0 Å². The summed E-state index contributed by atoms with van der Waals surface area (Å²) in [5, 5.41) is 18.6. The number of aromatic nitrogens is 2. The molecule has 6 nitrogen and oxygen atoms in total. The topological polar surface area (TPSA) is 95.3 Å². The van der Waals surface area contributed by atoms with Gasteiger partial charge in [-0.1, -0.05) is 15.9 Å². The Bertz CT molecular complexity index is 598. The van der Waals surface area contributed by atoms with E-state index in [0.29, 0.717) is 18.4 Å². The van der Waals surface area contributed by atoms with Gasteiger partial charge in [0, 0.05) is 12.8 Å². The molecule has 3 N–H and O–H groups in total. The highest BCUT2D eigenvalue weighted by atomic mass is 79.9. The number of hydrogen-bond acceptors (Lipinski definition) is 4. The maximum Gasteiger partial charge on any atom is 0.328 e. The molecule has 0 aliphatic heterocycles. The number of H-pyrrole nitrogens is 1. The van der Waals surface area contributed by atoms with Crippen LogP contribution < -0.4 is 11.2 Å². The Morgan fingerprint density at radius 3 is 2.68 bits per heavy atom. The average Bonchev–Trinajstić information content (AvgIpc) is 2.34. The second-order valence-electron chi connectivity index (χ2n) is 4.85. The van der Waals surface area contributed by atoms with Crippen LogP contribution in [-0.4, -0.2) is 33.0 Å². The molecule has 2 rings (SSSR count). The van der Waals surface area contributed by atoms with E-state index in [1.54, 1.807) is 0 Å². The van der Waals surface area contributed by atoms with Crippen LogP contribution in [0.4, 0.5) is 0 Å². The Morgan fingerprint density at radius 2 is 2.16 bits per heavy atom. The van der Waals surface area contributed by atoms with Gasteiger partial charge >= 0.3 is 5.69 Å². The summed E-state index contributed by atoms with van der Waals surface area (Å²) in [6, 6.07) is 0. The summed E-state index contributed by atoms with van der Waals surface area (Å²) in [7, 11) is 0. The molecule has 19 heavy (non-hydrogen) atoms. The first-order valence-electron chi connectivity index (χ1n) is 5.91. The van der Waals surface area contributed by atoms with Gasteiger partial charge in [0.1, 0.15) is 0 Å². The molecule has 1 aromatic heterocycles. The van der Waals surface area contributed by atoms with Crippen molar-refractivity contribution < 1.29 is 10.2 Å². The summed E-state index contributed by atoms with van der Waals surface area (Å²) < 4.78 is 1.36. The zero-order chi connectivity index (χ0) is 14.0. The molecule has 104 valence electrons. The van der Waals surface area contributed by atoms with Gasteiger partial charge < -0.3 is 10.2 Å². The zero-order valence-corrected chi connectivity index (χ0v) is 11.8. The Labute approximate surface area is 117 Å². The van der Waals surface area contributed by atoms with Crippen LogP contribution in [0, 0.1) is 5.92 Å². The van der Waals surface area contributed by atoms with Gasteiger partial charge in [-0.3, -0.25) is 14.3 Å². The smallest absolute Gasteiger partial charge is 0.328 e. The van der Waals surface area contributed by atoms with Crippen molar-refractivity contribution in [3.63, 3.8) is 0 Å². The summed E-state index contributed by atoms with van der Waals surface area (Å²) in [5.41, 5.74) is -1.40. The highest BCUT2D eigenvalue weighted by Gasteiger charge is 2.45. The molecule has 1 saturated carbocycles. The fourth-order valence-electron chi connectivity index (χ4n) is 2.57. The van der Waals surface area contributed by atoms with E-state index in [0.717, 1.165) is 0 Å². The fourth-order valence-corrected chi connectivity index (χ4v) is 2.86. The Hall–Kier alpha value is -1.18. The number of aromatic amines is 1. The minimum atomic E-state index is -0.719. The molecule has 1 heterocycles. The van der Waals surface area contributed by atoms with Crippen molar-refractivity contribution in [3.05, 3.63) is 37.6 Å². The second kappa shape index (κ2) is 5.44. The van der Waals surface area contributed by atoms with Gasteiger partial charge in [0.15, 0.2) is 0 Å². The van der Waals surface area contributed by atoms with E-state index in [4.69, 9.17) is 5.11 Å². The molecule has 1 fully saturated rings. The van der Waals surface area contributed by atoms with E-state index in [2.05, 4.69) is 20.9 Å². The van der Waals surface area contributed by atoms with Crippen LogP contribution in [-0.2, 0) is 5.54 Å². The number of aliphatic hydroxyl groups is 2. The summed E-state index contributed by atoms with van der Waals surface area (Å²) in [5.74, 6) is 0.0844. The molecule has 0 unspecified atom stereocenters. The molecule has 1 aliphatic carbocycles. The summed E-state index contributed by atoms with van der Waals surface area (Å²) in [6.07, 6.45) is 4.01. The van der Waals surface area contributed by atoms with Crippen LogP contribution in [0.15, 0.2) is 20.8 Å². The summed E-state index contributed by atoms with van der Waals surface area (Å²) in [4.78, 5) is 27.2. The molecule has 0 spiro atoms. The monoisotopic (exact) mass is 330 g/mol. The van der Waals surface area contributed by atoms with Gasteiger partial charge in [-0.05, 0) is 29.8 Å². The minimum absolute atomic E-state index is 0.0357. The third kappa shape index (κ3) is 2.45. The lowest BCUT2D eigenvalue weighted by molar-refractivity contribution is -0.0200. The SMILES string of the molecule is O=c1[nH]c(=O)n(C2(CO)CC(CO)C2)cc1/C=C/Br. The van der Waals surface area contributed by atoms with Crippen molar-refractivity contribution in [2.75, 3.05) is 13.2 Å². The molecule has 7 heteroatoms. The Balaban J connectivity index is 2.47. The lowest BCUT2D eigenvalue weighted by Gasteiger charge is -2.47. The zero-order valence-electron chi connectivity index (χ0n) is 10.2. The lowest BCUT2D eigenvalue weighted by Crippen LogP contribution is -2.55. The Kier molecular flexibility index (Phi) is 4.07. The van der Waals surface area contributed by atoms with Crippen LogP contribution in [0.3, 0.4) is 0 Å². The predicted molar refractivity (Wildman–Crippen MR) is 74.2 cm³/mol. The van der Waals surface area contributed by atoms with Gasteiger partial charge in [-0.25, -0.2) is 4.79 Å². The minimum Gasteiger partial charge on any atom is -0.396 e. The van der Waals surface area contributed by atoms with Crippen molar-refractivity contribution in [2.45, 2.75) is 18.4 Å². The first-order chi connectivity index (χ1) is 9.06. The van der Waals surface area contributed by atoms with Crippen molar-refractivity contribution in [1.82, 2.24) is 9.55 Å². The molecule has 0 saturated heterocycles. The van der Waals surface area contributed by atoms with Gasteiger partial charge in [0.2, 0.25) is 0 Å². The van der Waals surface area contributed by atoms with Gasteiger partial charge in [-0.15, -0.1) is 0 Å². The van der Waals surface area contributed by atoms with E-state index < -0.39 is 16.8 Å². The van der Waals surface area contributed by atoms with E-state index in [9.17, 15) is 14.7 Å². The molecule has 0 bridgehead atoms. The van der Waals surface area contributed by atoms with Crippen molar-refractivity contribution in [2.24, 2.45) is 5.92 Å². The predicted octanol–water partition coefficient (Wildman–Crippen LogP) is -0.00790. The normalized spacial score (nSPS) is 26.6. The highest BCUT2D eigenvalue weighted by molar-refractivity contribution is 9.11. The van der Waals surface area contributed by atoms with Crippen molar-refractivity contribution >= 4 is 22.0 Å². The van der Waals surface area contributed by atoms with Gasteiger partial charge in [0.05, 0.1) is 17.7 Å². The van der Waals surface area contributed by atoms with Crippen LogP contribution in [0.25, 0.3) is 6.08 Å². The van der Waals surface area contributed by atoms with Crippen molar-refractivity contribution in [3.8, 4) is 0 Å². The highest BCUT2D eigenvalue weighted by Crippen LogP contribution is 2.42. The molecular weight excluding hydrogens is 316 g/mol. The average molecular weight is 331 g/mol. The summed E-state index contributed by atoms with van der Waals surface area (Å²) in [6.45, 7) is -0.166. The number of nitrogens with one attached hydrogen (secondary N) is 1. The number of halogens is 1. The van der Waals surface area contributed by atoms with E-state index >= 15 is 0 Å². The second-order valence-corrected chi connectivity index (χ2v) is 5.37. The number of nitrogens with zero attached hydrogens (tertiary/aromatic N) is 1. The summed E-state index contributed by atoms with van der Waals surface area (Å²) >= 11 is 3.08. The van der Waals surface area contributed by atoms with Gasteiger partial charge in [0.25, 0.3) is 5.56 Å². The largest absolute Gasteiger partial charge is 0.396 e. The third-order valence-corrected chi connectivity index (χ3v) is 3.88. The molecule has 0 amide bonds.